The largest absolute Gasteiger partial charge is 0.355 e. The van der Waals surface area contributed by atoms with Crippen molar-refractivity contribution in [3.63, 3.8) is 0 Å². The number of guanidine groups is 1. The van der Waals surface area contributed by atoms with Crippen LogP contribution in [0.2, 0.25) is 0 Å². The Hall–Kier alpha value is -0.770. The van der Waals surface area contributed by atoms with Gasteiger partial charge in [-0.15, -0.1) is 0 Å². The number of aliphatic imine (C=N–C) groups is 1. The van der Waals surface area contributed by atoms with Crippen molar-refractivity contribution in [2.75, 3.05) is 27.7 Å². The minimum atomic E-state index is 0.458. The summed E-state index contributed by atoms with van der Waals surface area (Å²) in [6.07, 6.45) is 2.30. The number of nitrogens with one attached hydrogen (secondary N) is 2. The van der Waals surface area contributed by atoms with Crippen molar-refractivity contribution in [2.24, 2.45) is 10.9 Å². The molecule has 0 saturated carbocycles. The molecule has 108 valence electrons. The van der Waals surface area contributed by atoms with Crippen LogP contribution in [-0.2, 0) is 0 Å². The number of hydrogen-bond donors (Lipinski definition) is 2. The van der Waals surface area contributed by atoms with Crippen LogP contribution in [0.15, 0.2) is 4.99 Å². The van der Waals surface area contributed by atoms with Gasteiger partial charge < -0.3 is 15.5 Å². The molecule has 0 aliphatic heterocycles. The van der Waals surface area contributed by atoms with Gasteiger partial charge in [-0.3, -0.25) is 4.99 Å². The van der Waals surface area contributed by atoms with Crippen LogP contribution in [0.3, 0.4) is 0 Å². The second kappa shape index (κ2) is 9.20. The second-order valence-electron chi connectivity index (χ2n) is 5.65. The van der Waals surface area contributed by atoms with Crippen molar-refractivity contribution < 1.29 is 0 Å². The lowest BCUT2D eigenvalue weighted by Crippen LogP contribution is -2.47. The first kappa shape index (κ1) is 17.2. The highest BCUT2D eigenvalue weighted by atomic mass is 15.2. The lowest BCUT2D eigenvalue weighted by atomic mass is 10.0. The number of hydrogen-bond acceptors (Lipinski definition) is 2. The normalized spacial score (nSPS) is 15.9. The SMILES string of the molecule is CCC(C)NC(=NC)NCC(CC(C)C)N(C)C. The topological polar surface area (TPSA) is 39.7 Å². The van der Waals surface area contributed by atoms with Crippen LogP contribution in [0.1, 0.15) is 40.5 Å². The quantitative estimate of drug-likeness (QED) is 0.540. The van der Waals surface area contributed by atoms with Crippen LogP contribution in [0.25, 0.3) is 0 Å². The maximum absolute atomic E-state index is 4.26. The molecule has 0 saturated heterocycles. The minimum Gasteiger partial charge on any atom is -0.355 e. The van der Waals surface area contributed by atoms with Gasteiger partial charge in [0.05, 0.1) is 0 Å². The van der Waals surface area contributed by atoms with Gasteiger partial charge in [0.25, 0.3) is 0 Å². The maximum atomic E-state index is 4.26. The van der Waals surface area contributed by atoms with Crippen LogP contribution in [0.4, 0.5) is 0 Å². The Balaban J connectivity index is 4.23. The van der Waals surface area contributed by atoms with Crippen molar-refractivity contribution in [3.05, 3.63) is 0 Å². The molecule has 2 N–H and O–H groups in total. The van der Waals surface area contributed by atoms with E-state index >= 15 is 0 Å². The molecule has 0 aliphatic carbocycles. The van der Waals surface area contributed by atoms with E-state index in [2.05, 4.69) is 62.3 Å². The van der Waals surface area contributed by atoms with E-state index in [0.29, 0.717) is 18.0 Å². The summed E-state index contributed by atoms with van der Waals surface area (Å²) >= 11 is 0. The third kappa shape index (κ3) is 7.54. The van der Waals surface area contributed by atoms with Gasteiger partial charge in [0.2, 0.25) is 0 Å². The molecule has 0 aliphatic rings. The molecule has 0 spiro atoms. The van der Waals surface area contributed by atoms with E-state index in [1.807, 2.05) is 7.05 Å². The van der Waals surface area contributed by atoms with Gasteiger partial charge in [0.1, 0.15) is 0 Å². The zero-order valence-electron chi connectivity index (χ0n) is 13.2. The summed E-state index contributed by atoms with van der Waals surface area (Å²) in [5.41, 5.74) is 0. The van der Waals surface area contributed by atoms with Crippen LogP contribution < -0.4 is 10.6 Å². The van der Waals surface area contributed by atoms with Crippen LogP contribution in [-0.4, -0.2) is 50.6 Å². The van der Waals surface area contributed by atoms with Gasteiger partial charge in [-0.05, 0) is 39.8 Å². The van der Waals surface area contributed by atoms with Gasteiger partial charge in [-0.25, -0.2) is 0 Å². The molecular weight excluding hydrogens is 224 g/mol. The van der Waals surface area contributed by atoms with Crippen LogP contribution in [0, 0.1) is 5.92 Å². The highest BCUT2D eigenvalue weighted by molar-refractivity contribution is 5.79. The van der Waals surface area contributed by atoms with Crippen molar-refractivity contribution in [1.82, 2.24) is 15.5 Å². The van der Waals surface area contributed by atoms with Crippen molar-refractivity contribution >= 4 is 5.96 Å². The molecule has 0 radical (unpaired) electrons. The number of likely N-dealkylation sites (N-methyl/N-ethyl adjacent to an activating group) is 1. The highest BCUT2D eigenvalue weighted by Crippen LogP contribution is 2.07. The molecule has 0 aromatic heterocycles. The number of rotatable bonds is 7. The first-order valence-electron chi connectivity index (χ1n) is 7.04. The molecule has 0 heterocycles. The van der Waals surface area contributed by atoms with Gasteiger partial charge in [0, 0.05) is 25.7 Å². The predicted octanol–water partition coefficient (Wildman–Crippen LogP) is 1.93. The molecule has 0 amide bonds. The Kier molecular flexibility index (Phi) is 8.81. The first-order chi connectivity index (χ1) is 8.40. The summed E-state index contributed by atoms with van der Waals surface area (Å²) in [5.74, 6) is 1.61. The Labute approximate surface area is 113 Å². The summed E-state index contributed by atoms with van der Waals surface area (Å²) in [6, 6.07) is 1.000. The van der Waals surface area contributed by atoms with Crippen LogP contribution in [0.5, 0.6) is 0 Å². The summed E-state index contributed by atoms with van der Waals surface area (Å²) < 4.78 is 0. The highest BCUT2D eigenvalue weighted by Gasteiger charge is 2.14. The van der Waals surface area contributed by atoms with Gasteiger partial charge >= 0.3 is 0 Å². The van der Waals surface area contributed by atoms with Crippen LogP contribution >= 0.6 is 0 Å². The van der Waals surface area contributed by atoms with E-state index in [-0.39, 0.29) is 0 Å². The van der Waals surface area contributed by atoms with E-state index in [0.717, 1.165) is 18.9 Å². The zero-order valence-corrected chi connectivity index (χ0v) is 13.2. The fraction of sp³-hybridized carbons (Fsp3) is 0.929. The number of nitrogens with zero attached hydrogens (tertiary/aromatic N) is 2. The molecular formula is C14H32N4. The Bertz CT molecular complexity index is 236. The Morgan fingerprint density at radius 3 is 2.22 bits per heavy atom. The average molecular weight is 256 g/mol. The minimum absolute atomic E-state index is 0.458. The standard InChI is InChI=1S/C14H32N4/c1-8-12(4)17-14(15-5)16-10-13(18(6)7)9-11(2)3/h11-13H,8-10H2,1-7H3,(H2,15,16,17). The van der Waals surface area contributed by atoms with Crippen molar-refractivity contribution in [3.8, 4) is 0 Å². The third-order valence-electron chi connectivity index (χ3n) is 3.20. The van der Waals surface area contributed by atoms with E-state index in [1.54, 1.807) is 0 Å². The van der Waals surface area contributed by atoms with E-state index < -0.39 is 0 Å². The molecule has 18 heavy (non-hydrogen) atoms. The molecule has 0 rings (SSSR count). The summed E-state index contributed by atoms with van der Waals surface area (Å²) in [7, 11) is 6.10. The summed E-state index contributed by atoms with van der Waals surface area (Å²) in [4.78, 5) is 6.54. The Morgan fingerprint density at radius 2 is 1.83 bits per heavy atom. The maximum Gasteiger partial charge on any atom is 0.191 e. The van der Waals surface area contributed by atoms with Gasteiger partial charge in [-0.2, -0.15) is 0 Å². The second-order valence-corrected chi connectivity index (χ2v) is 5.65. The molecule has 4 nitrogen and oxygen atoms in total. The smallest absolute Gasteiger partial charge is 0.191 e. The zero-order chi connectivity index (χ0) is 14.1. The molecule has 0 aromatic rings. The van der Waals surface area contributed by atoms with Gasteiger partial charge in [-0.1, -0.05) is 20.8 Å². The summed E-state index contributed by atoms with van der Waals surface area (Å²) in [5, 5.41) is 6.80. The molecule has 0 aromatic carbocycles. The monoisotopic (exact) mass is 256 g/mol. The third-order valence-corrected chi connectivity index (χ3v) is 3.20. The molecule has 4 heteroatoms. The first-order valence-corrected chi connectivity index (χ1v) is 7.04. The summed E-state index contributed by atoms with van der Waals surface area (Å²) in [6.45, 7) is 9.81. The van der Waals surface area contributed by atoms with Gasteiger partial charge in [0.15, 0.2) is 5.96 Å². The van der Waals surface area contributed by atoms with E-state index in [9.17, 15) is 0 Å². The van der Waals surface area contributed by atoms with Crippen molar-refractivity contribution in [2.45, 2.75) is 52.6 Å². The predicted molar refractivity (Wildman–Crippen MR) is 81.2 cm³/mol. The molecule has 2 atom stereocenters. The average Bonchev–Trinajstić information content (AvgIpc) is 2.31. The Morgan fingerprint density at radius 1 is 1.22 bits per heavy atom. The van der Waals surface area contributed by atoms with Crippen molar-refractivity contribution in [1.29, 1.82) is 0 Å². The van der Waals surface area contributed by atoms with E-state index in [4.69, 9.17) is 0 Å². The molecule has 2 unspecified atom stereocenters. The lowest BCUT2D eigenvalue weighted by molar-refractivity contribution is 0.254. The fourth-order valence-corrected chi connectivity index (χ4v) is 1.77. The molecule has 0 bridgehead atoms. The lowest BCUT2D eigenvalue weighted by Gasteiger charge is -2.27. The molecule has 0 fully saturated rings. The fourth-order valence-electron chi connectivity index (χ4n) is 1.77. The van der Waals surface area contributed by atoms with E-state index in [1.165, 1.54) is 6.42 Å².